The van der Waals surface area contributed by atoms with Crippen LogP contribution in [0.3, 0.4) is 0 Å². The predicted molar refractivity (Wildman–Crippen MR) is 89.1 cm³/mol. The fourth-order valence-electron chi connectivity index (χ4n) is 4.85. The Morgan fingerprint density at radius 1 is 1.36 bits per heavy atom. The standard InChI is InChI=1S/C18H23N5O2/c1-11-20-17(25-21-11)18-7-3-4-13(18)9-23(10-18)16(24)15-14(12-5-6-12)8-19-22(15)2/h8,12-13H,3-7,9-10H2,1-2H3/t13-,18-/m0/s1. The maximum atomic E-state index is 13.3. The lowest BCUT2D eigenvalue weighted by atomic mass is 9.80. The van der Waals surface area contributed by atoms with Gasteiger partial charge in [0.25, 0.3) is 5.91 Å². The quantitative estimate of drug-likeness (QED) is 0.855. The molecule has 3 heterocycles. The van der Waals surface area contributed by atoms with E-state index in [4.69, 9.17) is 4.52 Å². The molecule has 2 aromatic heterocycles. The molecule has 2 atom stereocenters. The van der Waals surface area contributed by atoms with Crippen molar-refractivity contribution in [3.05, 3.63) is 29.2 Å². The molecule has 1 saturated heterocycles. The van der Waals surface area contributed by atoms with Gasteiger partial charge in [0.1, 0.15) is 5.69 Å². The van der Waals surface area contributed by atoms with Gasteiger partial charge in [-0.1, -0.05) is 11.6 Å². The highest BCUT2D eigenvalue weighted by atomic mass is 16.5. The van der Waals surface area contributed by atoms with Gasteiger partial charge in [-0.15, -0.1) is 0 Å². The number of aryl methyl sites for hydroxylation is 2. The molecule has 2 saturated carbocycles. The lowest BCUT2D eigenvalue weighted by Gasteiger charge is -2.24. The van der Waals surface area contributed by atoms with E-state index in [0.717, 1.165) is 43.0 Å². The van der Waals surface area contributed by atoms with Crippen molar-refractivity contribution in [2.45, 2.75) is 50.4 Å². The van der Waals surface area contributed by atoms with E-state index in [1.807, 2.05) is 25.1 Å². The van der Waals surface area contributed by atoms with Crippen LogP contribution in [0.5, 0.6) is 0 Å². The van der Waals surface area contributed by atoms with Gasteiger partial charge in [-0.05, 0) is 44.4 Å². The summed E-state index contributed by atoms with van der Waals surface area (Å²) in [5.41, 5.74) is 1.72. The van der Waals surface area contributed by atoms with E-state index in [1.165, 1.54) is 12.8 Å². The molecule has 0 N–H and O–H groups in total. The second-order valence-corrected chi connectivity index (χ2v) is 7.92. The van der Waals surface area contributed by atoms with Gasteiger partial charge in [-0.3, -0.25) is 9.48 Å². The monoisotopic (exact) mass is 341 g/mol. The van der Waals surface area contributed by atoms with Gasteiger partial charge >= 0.3 is 0 Å². The molecule has 0 bridgehead atoms. The van der Waals surface area contributed by atoms with E-state index in [1.54, 1.807) is 4.68 Å². The number of carbonyl (C=O) groups excluding carboxylic acids is 1. The first kappa shape index (κ1) is 15.1. The number of carbonyl (C=O) groups is 1. The Labute approximate surface area is 146 Å². The highest BCUT2D eigenvalue weighted by Crippen LogP contribution is 2.50. The Hall–Kier alpha value is -2.18. The molecule has 3 aliphatic rings. The number of fused-ring (bicyclic) bond motifs is 1. The summed E-state index contributed by atoms with van der Waals surface area (Å²) in [7, 11) is 1.87. The van der Waals surface area contributed by atoms with E-state index >= 15 is 0 Å². The number of nitrogens with zero attached hydrogens (tertiary/aromatic N) is 5. The number of amides is 1. The van der Waals surface area contributed by atoms with Crippen molar-refractivity contribution in [1.82, 2.24) is 24.8 Å². The van der Waals surface area contributed by atoms with Crippen LogP contribution in [0.4, 0.5) is 0 Å². The average molecular weight is 341 g/mol. The summed E-state index contributed by atoms with van der Waals surface area (Å²) in [6.45, 7) is 3.30. The SMILES string of the molecule is Cc1noc([C@]23CCC[C@H]2CN(C(=O)c2c(C4CC4)cnn2C)C3)n1. The van der Waals surface area contributed by atoms with Crippen LogP contribution in [-0.4, -0.2) is 43.8 Å². The van der Waals surface area contributed by atoms with Gasteiger partial charge < -0.3 is 9.42 Å². The van der Waals surface area contributed by atoms with Crippen LogP contribution in [-0.2, 0) is 12.5 Å². The average Bonchev–Trinajstić information content (AvgIpc) is 2.92. The van der Waals surface area contributed by atoms with Crippen molar-refractivity contribution in [3.63, 3.8) is 0 Å². The normalized spacial score (nSPS) is 28.6. The Morgan fingerprint density at radius 2 is 2.20 bits per heavy atom. The second kappa shape index (κ2) is 5.16. The molecule has 7 heteroatoms. The zero-order valence-corrected chi connectivity index (χ0v) is 14.7. The largest absolute Gasteiger partial charge is 0.339 e. The number of likely N-dealkylation sites (tertiary alicyclic amines) is 1. The molecule has 5 rings (SSSR count). The molecule has 3 fully saturated rings. The number of hydrogen-bond donors (Lipinski definition) is 0. The minimum absolute atomic E-state index is 0.104. The fraction of sp³-hybridized carbons (Fsp3) is 0.667. The third kappa shape index (κ3) is 2.17. The van der Waals surface area contributed by atoms with Crippen LogP contribution in [0.15, 0.2) is 10.7 Å². The number of aromatic nitrogens is 4. The molecule has 1 aliphatic heterocycles. The van der Waals surface area contributed by atoms with Crippen molar-refractivity contribution in [2.24, 2.45) is 13.0 Å². The van der Waals surface area contributed by atoms with Crippen LogP contribution in [0.2, 0.25) is 0 Å². The predicted octanol–water partition coefficient (Wildman–Crippen LogP) is 2.18. The molecular formula is C18H23N5O2. The lowest BCUT2D eigenvalue weighted by Crippen LogP contribution is -2.36. The fourth-order valence-corrected chi connectivity index (χ4v) is 4.85. The smallest absolute Gasteiger partial charge is 0.272 e. The molecule has 0 unspecified atom stereocenters. The first-order valence-corrected chi connectivity index (χ1v) is 9.20. The third-order valence-corrected chi connectivity index (χ3v) is 6.30. The maximum Gasteiger partial charge on any atom is 0.272 e. The van der Waals surface area contributed by atoms with Gasteiger partial charge in [0.15, 0.2) is 5.82 Å². The third-order valence-electron chi connectivity index (χ3n) is 6.30. The molecule has 2 aromatic rings. The topological polar surface area (TPSA) is 77.0 Å². The van der Waals surface area contributed by atoms with Gasteiger partial charge in [0, 0.05) is 25.7 Å². The summed E-state index contributed by atoms with van der Waals surface area (Å²) >= 11 is 0. The van der Waals surface area contributed by atoms with Crippen LogP contribution in [0, 0.1) is 12.8 Å². The van der Waals surface area contributed by atoms with Crippen molar-refractivity contribution in [3.8, 4) is 0 Å². The zero-order valence-electron chi connectivity index (χ0n) is 14.7. The zero-order chi connectivity index (χ0) is 17.2. The summed E-state index contributed by atoms with van der Waals surface area (Å²) in [4.78, 5) is 19.8. The van der Waals surface area contributed by atoms with Gasteiger partial charge in [0.05, 0.1) is 11.6 Å². The minimum atomic E-state index is -0.157. The van der Waals surface area contributed by atoms with Crippen LogP contribution in [0.25, 0.3) is 0 Å². The molecule has 25 heavy (non-hydrogen) atoms. The Morgan fingerprint density at radius 3 is 2.92 bits per heavy atom. The first-order chi connectivity index (χ1) is 12.1. The summed E-state index contributed by atoms with van der Waals surface area (Å²) in [6, 6.07) is 0. The van der Waals surface area contributed by atoms with Gasteiger partial charge in [0.2, 0.25) is 5.89 Å². The Kier molecular flexibility index (Phi) is 3.12. The van der Waals surface area contributed by atoms with Crippen molar-refractivity contribution in [2.75, 3.05) is 13.1 Å². The molecule has 0 radical (unpaired) electrons. The van der Waals surface area contributed by atoms with Gasteiger partial charge in [-0.25, -0.2) is 0 Å². The minimum Gasteiger partial charge on any atom is -0.339 e. The molecular weight excluding hydrogens is 318 g/mol. The van der Waals surface area contributed by atoms with Crippen LogP contribution >= 0.6 is 0 Å². The van der Waals surface area contributed by atoms with Gasteiger partial charge in [-0.2, -0.15) is 10.1 Å². The van der Waals surface area contributed by atoms with Crippen molar-refractivity contribution >= 4 is 5.91 Å². The molecule has 7 nitrogen and oxygen atoms in total. The molecule has 132 valence electrons. The van der Waals surface area contributed by atoms with Crippen LogP contribution < -0.4 is 0 Å². The van der Waals surface area contributed by atoms with E-state index in [0.29, 0.717) is 24.2 Å². The van der Waals surface area contributed by atoms with Crippen LogP contribution in [0.1, 0.15) is 65.8 Å². The molecule has 1 amide bonds. The van der Waals surface area contributed by atoms with Crippen molar-refractivity contribution in [1.29, 1.82) is 0 Å². The van der Waals surface area contributed by atoms with E-state index in [2.05, 4.69) is 15.2 Å². The number of rotatable bonds is 3. The Balaban J connectivity index is 1.47. The van der Waals surface area contributed by atoms with E-state index in [9.17, 15) is 4.79 Å². The molecule has 0 aromatic carbocycles. The number of hydrogen-bond acceptors (Lipinski definition) is 5. The second-order valence-electron chi connectivity index (χ2n) is 7.92. The summed E-state index contributed by atoms with van der Waals surface area (Å²) in [6.07, 6.45) is 7.50. The lowest BCUT2D eigenvalue weighted by molar-refractivity contribution is 0.0763. The molecule has 0 spiro atoms. The first-order valence-electron chi connectivity index (χ1n) is 9.20. The van der Waals surface area contributed by atoms with E-state index < -0.39 is 0 Å². The summed E-state index contributed by atoms with van der Waals surface area (Å²) in [5, 5.41) is 8.34. The maximum absolute atomic E-state index is 13.3. The van der Waals surface area contributed by atoms with E-state index in [-0.39, 0.29) is 11.3 Å². The highest BCUT2D eigenvalue weighted by Gasteiger charge is 2.55. The molecule has 2 aliphatic carbocycles. The highest BCUT2D eigenvalue weighted by molar-refractivity contribution is 5.94. The summed E-state index contributed by atoms with van der Waals surface area (Å²) < 4.78 is 7.29. The summed E-state index contributed by atoms with van der Waals surface area (Å²) in [5.74, 6) is 2.42. The Bertz CT molecular complexity index is 836. The van der Waals surface area contributed by atoms with Crippen molar-refractivity contribution < 1.29 is 9.32 Å².